The maximum atomic E-state index is 4.08. The molecule has 8 heavy (non-hydrogen) atoms. The normalized spacial score (nSPS) is 7.62. The molecule has 0 aliphatic carbocycles. The van der Waals surface area contributed by atoms with E-state index >= 15 is 0 Å². The topological polar surface area (TPSA) is 0 Å². The third kappa shape index (κ3) is 2.60. The van der Waals surface area contributed by atoms with Gasteiger partial charge < -0.3 is 2.85 Å². The smallest absolute Gasteiger partial charge is 1.00 e. The Balaban J connectivity index is -0.000000163. The first-order valence-electron chi connectivity index (χ1n) is 2.13. The van der Waals surface area contributed by atoms with Gasteiger partial charge >= 0.3 is 23.1 Å². The van der Waals surface area contributed by atoms with Gasteiger partial charge in [-0.1, -0.05) is 18.2 Å². The minimum Gasteiger partial charge on any atom is -1.00 e. The zero-order chi connectivity index (χ0) is 5.11. The van der Waals surface area contributed by atoms with Crippen LogP contribution in [0.15, 0.2) is 35.2 Å². The van der Waals surface area contributed by atoms with Gasteiger partial charge in [-0.05, 0) is 12.1 Å². The maximum absolute atomic E-state index is 4.08. The van der Waals surface area contributed by atoms with E-state index in [1.807, 2.05) is 30.3 Å². The molecule has 0 amide bonds. The maximum Gasteiger partial charge on any atom is 2.00 e. The second-order valence-electron chi connectivity index (χ2n) is 1.34. The Morgan fingerprint density at radius 3 is 1.88 bits per heavy atom. The Bertz CT molecular complexity index is 146. The molecule has 0 saturated carbocycles. The van der Waals surface area contributed by atoms with Gasteiger partial charge in [0.25, 0.3) is 0 Å². The van der Waals surface area contributed by atoms with Crippen LogP contribution in [0.4, 0.5) is 0 Å². The van der Waals surface area contributed by atoms with Crippen molar-refractivity contribution in [1.29, 1.82) is 0 Å². The summed E-state index contributed by atoms with van der Waals surface area (Å²) in [7, 11) is 0. The summed E-state index contributed by atoms with van der Waals surface area (Å²) in [5.74, 6) is 0. The van der Waals surface area contributed by atoms with E-state index in [9.17, 15) is 0 Å². The summed E-state index contributed by atoms with van der Waals surface area (Å²) in [5, 5.41) is 0. The number of rotatable bonds is 0. The summed E-state index contributed by atoms with van der Waals surface area (Å²) >= 11 is 4.08. The van der Waals surface area contributed by atoms with E-state index in [4.69, 9.17) is 0 Å². The first-order chi connectivity index (χ1) is 3.39. The average molecular weight is 137 g/mol. The summed E-state index contributed by atoms with van der Waals surface area (Å²) < 4.78 is 0. The fourth-order valence-corrected chi connectivity index (χ4v) is 0.600. The third-order valence-electron chi connectivity index (χ3n) is 0.756. The van der Waals surface area contributed by atoms with E-state index in [0.717, 1.165) is 4.90 Å². The van der Waals surface area contributed by atoms with Gasteiger partial charge in [-0.25, -0.2) is 0 Å². The van der Waals surface area contributed by atoms with Gasteiger partial charge in [0.15, 0.2) is 0 Å². The molecule has 0 aromatic heterocycles. The van der Waals surface area contributed by atoms with Crippen molar-refractivity contribution in [3.05, 3.63) is 30.3 Å². The zero-order valence-corrected chi connectivity index (χ0v) is 6.85. The summed E-state index contributed by atoms with van der Waals surface area (Å²) in [5.41, 5.74) is 0. The van der Waals surface area contributed by atoms with Crippen LogP contribution in [0.25, 0.3) is 0 Å². The van der Waals surface area contributed by atoms with Crippen LogP contribution in [0.2, 0.25) is 0 Å². The number of thiol groups is 1. The fraction of sp³-hybridized carbons (Fsp3) is 0. The van der Waals surface area contributed by atoms with Crippen molar-refractivity contribution in [2.24, 2.45) is 0 Å². The number of hydrogen-bond donors (Lipinski definition) is 1. The standard InChI is InChI=1S/C6H6S.Mg.2H/c7-6-4-2-1-3-5-6;;;/h1-5,7H;;;/q;+2;2*-1. The van der Waals surface area contributed by atoms with Gasteiger partial charge in [0, 0.05) is 4.90 Å². The van der Waals surface area contributed by atoms with E-state index in [1.165, 1.54) is 0 Å². The molecule has 0 atom stereocenters. The SMILES string of the molecule is Sc1ccccc1.[H-].[H-].[Mg+2]. The van der Waals surface area contributed by atoms with Crippen LogP contribution < -0.4 is 0 Å². The van der Waals surface area contributed by atoms with E-state index in [-0.39, 0.29) is 25.9 Å². The van der Waals surface area contributed by atoms with Crippen molar-refractivity contribution in [2.45, 2.75) is 4.90 Å². The first-order valence-corrected chi connectivity index (χ1v) is 2.58. The molecule has 0 spiro atoms. The minimum atomic E-state index is 0. The van der Waals surface area contributed by atoms with Gasteiger partial charge in [0.2, 0.25) is 0 Å². The predicted molar refractivity (Wildman–Crippen MR) is 41.7 cm³/mol. The molecule has 0 aliphatic rings. The van der Waals surface area contributed by atoms with Crippen molar-refractivity contribution in [3.63, 3.8) is 0 Å². The molecule has 1 rings (SSSR count). The van der Waals surface area contributed by atoms with Crippen molar-refractivity contribution in [2.75, 3.05) is 0 Å². The van der Waals surface area contributed by atoms with Crippen LogP contribution in [0.3, 0.4) is 0 Å². The molecule has 0 fully saturated rings. The minimum absolute atomic E-state index is 0. The van der Waals surface area contributed by atoms with Crippen LogP contribution in [0.1, 0.15) is 2.85 Å². The molecule has 40 valence electrons. The van der Waals surface area contributed by atoms with Crippen molar-refractivity contribution >= 4 is 35.7 Å². The molecule has 0 nitrogen and oxygen atoms in total. The molecular weight excluding hydrogens is 128 g/mol. The molecule has 0 N–H and O–H groups in total. The van der Waals surface area contributed by atoms with Crippen LogP contribution in [-0.4, -0.2) is 23.1 Å². The van der Waals surface area contributed by atoms with Gasteiger partial charge in [-0.15, -0.1) is 12.6 Å². The van der Waals surface area contributed by atoms with E-state index in [0.29, 0.717) is 0 Å². The Morgan fingerprint density at radius 1 is 1.12 bits per heavy atom. The van der Waals surface area contributed by atoms with Crippen molar-refractivity contribution in [3.8, 4) is 0 Å². The summed E-state index contributed by atoms with van der Waals surface area (Å²) in [4.78, 5) is 1.02. The Morgan fingerprint density at radius 2 is 1.62 bits per heavy atom. The Hall–Kier alpha value is 0.336. The second-order valence-corrected chi connectivity index (χ2v) is 1.85. The molecule has 0 heterocycles. The van der Waals surface area contributed by atoms with Gasteiger partial charge in [0.1, 0.15) is 0 Å². The molecule has 1 aromatic carbocycles. The summed E-state index contributed by atoms with van der Waals surface area (Å²) in [6.45, 7) is 0. The number of benzene rings is 1. The fourth-order valence-electron chi connectivity index (χ4n) is 0.428. The molecule has 0 aliphatic heterocycles. The van der Waals surface area contributed by atoms with E-state index < -0.39 is 0 Å². The quantitative estimate of drug-likeness (QED) is 0.408. The molecule has 0 saturated heterocycles. The Labute approximate surface area is 73.8 Å². The van der Waals surface area contributed by atoms with E-state index in [2.05, 4.69) is 12.6 Å². The number of hydrogen-bond acceptors (Lipinski definition) is 1. The molecule has 0 bridgehead atoms. The largest absolute Gasteiger partial charge is 2.00 e. The second kappa shape index (κ2) is 4.24. The molecule has 0 radical (unpaired) electrons. The average Bonchev–Trinajstić information content (AvgIpc) is 1.69. The molecule has 2 heteroatoms. The van der Waals surface area contributed by atoms with Crippen LogP contribution in [-0.2, 0) is 0 Å². The predicted octanol–water partition coefficient (Wildman–Crippen LogP) is 1.82. The summed E-state index contributed by atoms with van der Waals surface area (Å²) in [6.07, 6.45) is 0. The van der Waals surface area contributed by atoms with Gasteiger partial charge in [-0.3, -0.25) is 0 Å². The van der Waals surface area contributed by atoms with Crippen molar-refractivity contribution < 1.29 is 2.85 Å². The monoisotopic (exact) mass is 136 g/mol. The van der Waals surface area contributed by atoms with Crippen molar-refractivity contribution in [1.82, 2.24) is 0 Å². The van der Waals surface area contributed by atoms with Crippen LogP contribution in [0.5, 0.6) is 0 Å². The van der Waals surface area contributed by atoms with Gasteiger partial charge in [-0.2, -0.15) is 0 Å². The zero-order valence-electron chi connectivity index (χ0n) is 6.54. The Kier molecular flexibility index (Phi) is 4.42. The molecular formula is C6H8MgS. The van der Waals surface area contributed by atoms with Gasteiger partial charge in [0.05, 0.1) is 0 Å². The molecule has 0 unspecified atom stereocenters. The third-order valence-corrected chi connectivity index (χ3v) is 1.05. The molecule has 1 aromatic rings. The van der Waals surface area contributed by atoms with Crippen LogP contribution >= 0.6 is 12.6 Å². The summed E-state index contributed by atoms with van der Waals surface area (Å²) in [6, 6.07) is 9.79. The first kappa shape index (κ1) is 8.34. The van der Waals surface area contributed by atoms with E-state index in [1.54, 1.807) is 0 Å². The van der Waals surface area contributed by atoms with Crippen LogP contribution in [0, 0.1) is 0 Å².